The SMILES string of the molecule is CNC(C)(C)C(=O)NCc1cccnn1. The molecule has 0 aliphatic carbocycles. The summed E-state index contributed by atoms with van der Waals surface area (Å²) in [5.41, 5.74) is 0.181. The van der Waals surface area contributed by atoms with Crippen molar-refractivity contribution in [3.63, 3.8) is 0 Å². The lowest BCUT2D eigenvalue weighted by molar-refractivity contribution is -0.126. The fourth-order valence-corrected chi connectivity index (χ4v) is 0.933. The minimum Gasteiger partial charge on any atom is -0.349 e. The first-order chi connectivity index (χ1) is 7.06. The van der Waals surface area contributed by atoms with Crippen LogP contribution in [-0.4, -0.2) is 28.7 Å². The van der Waals surface area contributed by atoms with Crippen LogP contribution in [0.4, 0.5) is 0 Å². The van der Waals surface area contributed by atoms with Crippen LogP contribution in [0, 0.1) is 0 Å². The van der Waals surface area contributed by atoms with Gasteiger partial charge in [0.25, 0.3) is 0 Å². The van der Waals surface area contributed by atoms with Crippen molar-refractivity contribution in [3.05, 3.63) is 24.0 Å². The van der Waals surface area contributed by atoms with E-state index < -0.39 is 5.54 Å². The van der Waals surface area contributed by atoms with Gasteiger partial charge in [-0.2, -0.15) is 10.2 Å². The van der Waals surface area contributed by atoms with Gasteiger partial charge in [-0.15, -0.1) is 0 Å². The second kappa shape index (κ2) is 4.84. The van der Waals surface area contributed by atoms with Gasteiger partial charge in [0.1, 0.15) is 0 Å². The third-order valence-electron chi connectivity index (χ3n) is 2.25. The molecule has 0 aliphatic rings. The van der Waals surface area contributed by atoms with E-state index in [4.69, 9.17) is 0 Å². The Balaban J connectivity index is 2.48. The van der Waals surface area contributed by atoms with Gasteiger partial charge in [-0.25, -0.2) is 0 Å². The van der Waals surface area contributed by atoms with E-state index in [9.17, 15) is 4.79 Å². The zero-order valence-corrected chi connectivity index (χ0v) is 9.24. The average Bonchev–Trinajstić information content (AvgIpc) is 2.27. The highest BCUT2D eigenvalue weighted by atomic mass is 16.2. The molecule has 0 bridgehead atoms. The van der Waals surface area contributed by atoms with Crippen LogP contribution in [0.25, 0.3) is 0 Å². The van der Waals surface area contributed by atoms with Crippen molar-refractivity contribution in [2.75, 3.05) is 7.05 Å². The Morgan fingerprint density at radius 2 is 2.27 bits per heavy atom. The van der Waals surface area contributed by atoms with E-state index in [2.05, 4.69) is 20.8 Å². The largest absolute Gasteiger partial charge is 0.349 e. The molecule has 1 aromatic heterocycles. The third-order valence-corrected chi connectivity index (χ3v) is 2.25. The van der Waals surface area contributed by atoms with E-state index in [1.807, 2.05) is 19.9 Å². The van der Waals surface area contributed by atoms with Crippen molar-refractivity contribution >= 4 is 5.91 Å². The van der Waals surface area contributed by atoms with Gasteiger partial charge in [0.05, 0.1) is 17.8 Å². The zero-order chi connectivity index (χ0) is 11.3. The molecule has 5 nitrogen and oxygen atoms in total. The predicted octanol–water partition coefficient (Wildman–Crippen LogP) is 0.0908. The molecule has 1 rings (SSSR count). The predicted molar refractivity (Wildman–Crippen MR) is 57.0 cm³/mol. The normalized spacial score (nSPS) is 11.1. The molecule has 1 aromatic rings. The minimum absolute atomic E-state index is 0.0596. The first kappa shape index (κ1) is 11.6. The molecule has 0 atom stereocenters. The molecule has 15 heavy (non-hydrogen) atoms. The zero-order valence-electron chi connectivity index (χ0n) is 9.24. The molecule has 1 heterocycles. The van der Waals surface area contributed by atoms with Gasteiger partial charge in [0.15, 0.2) is 0 Å². The van der Waals surface area contributed by atoms with Crippen LogP contribution in [0.5, 0.6) is 0 Å². The number of hydrogen-bond donors (Lipinski definition) is 2. The molecule has 0 aromatic carbocycles. The van der Waals surface area contributed by atoms with Crippen LogP contribution >= 0.6 is 0 Å². The highest BCUT2D eigenvalue weighted by Gasteiger charge is 2.24. The topological polar surface area (TPSA) is 66.9 Å². The van der Waals surface area contributed by atoms with Crippen LogP contribution in [0.3, 0.4) is 0 Å². The lowest BCUT2D eigenvalue weighted by Crippen LogP contribution is -2.50. The maximum atomic E-state index is 11.6. The summed E-state index contributed by atoms with van der Waals surface area (Å²) in [5.74, 6) is -0.0596. The van der Waals surface area contributed by atoms with Gasteiger partial charge < -0.3 is 10.6 Å². The Morgan fingerprint density at radius 1 is 1.53 bits per heavy atom. The summed E-state index contributed by atoms with van der Waals surface area (Å²) >= 11 is 0. The van der Waals surface area contributed by atoms with Gasteiger partial charge in [0.2, 0.25) is 5.91 Å². The second-order valence-electron chi connectivity index (χ2n) is 3.77. The Hall–Kier alpha value is -1.49. The van der Waals surface area contributed by atoms with Crippen molar-refractivity contribution in [2.24, 2.45) is 0 Å². The summed E-state index contributed by atoms with van der Waals surface area (Å²) < 4.78 is 0. The van der Waals surface area contributed by atoms with E-state index in [0.717, 1.165) is 5.69 Å². The third kappa shape index (κ3) is 3.28. The molecule has 5 heteroatoms. The van der Waals surface area contributed by atoms with Crippen molar-refractivity contribution in [3.8, 4) is 0 Å². The average molecular weight is 208 g/mol. The minimum atomic E-state index is -0.567. The fraction of sp³-hybridized carbons (Fsp3) is 0.500. The second-order valence-corrected chi connectivity index (χ2v) is 3.77. The van der Waals surface area contributed by atoms with E-state index in [-0.39, 0.29) is 5.91 Å². The molecule has 0 saturated heterocycles. The van der Waals surface area contributed by atoms with Crippen molar-refractivity contribution < 1.29 is 4.79 Å². The number of hydrogen-bond acceptors (Lipinski definition) is 4. The number of rotatable bonds is 4. The Labute approximate surface area is 89.3 Å². The van der Waals surface area contributed by atoms with Crippen LogP contribution in [0.1, 0.15) is 19.5 Å². The number of nitrogens with one attached hydrogen (secondary N) is 2. The monoisotopic (exact) mass is 208 g/mol. The first-order valence-electron chi connectivity index (χ1n) is 4.80. The summed E-state index contributed by atoms with van der Waals surface area (Å²) in [4.78, 5) is 11.6. The molecule has 82 valence electrons. The first-order valence-corrected chi connectivity index (χ1v) is 4.80. The Kier molecular flexibility index (Phi) is 3.74. The maximum absolute atomic E-state index is 11.6. The maximum Gasteiger partial charge on any atom is 0.240 e. The molecule has 0 fully saturated rings. The summed E-state index contributed by atoms with van der Waals surface area (Å²) in [6.45, 7) is 4.04. The fourth-order valence-electron chi connectivity index (χ4n) is 0.933. The Bertz CT molecular complexity index is 323. The molecule has 0 aliphatic heterocycles. The lowest BCUT2D eigenvalue weighted by Gasteiger charge is -2.22. The molecule has 0 unspecified atom stereocenters. The number of aromatic nitrogens is 2. The summed E-state index contributed by atoms with van der Waals surface area (Å²) in [6.07, 6.45) is 1.60. The van der Waals surface area contributed by atoms with E-state index in [0.29, 0.717) is 6.54 Å². The number of nitrogens with zero attached hydrogens (tertiary/aromatic N) is 2. The van der Waals surface area contributed by atoms with E-state index in [1.54, 1.807) is 19.3 Å². The highest BCUT2D eigenvalue weighted by molar-refractivity contribution is 5.85. The number of carbonyl (C=O) groups is 1. The number of likely N-dealkylation sites (N-methyl/N-ethyl adjacent to an activating group) is 1. The van der Waals surface area contributed by atoms with Gasteiger partial charge >= 0.3 is 0 Å². The van der Waals surface area contributed by atoms with E-state index in [1.165, 1.54) is 0 Å². The molecule has 2 N–H and O–H groups in total. The summed E-state index contributed by atoms with van der Waals surface area (Å²) in [6, 6.07) is 3.61. The Morgan fingerprint density at radius 3 is 2.80 bits per heavy atom. The smallest absolute Gasteiger partial charge is 0.240 e. The molecule has 0 radical (unpaired) electrons. The van der Waals surface area contributed by atoms with Crippen LogP contribution in [0.15, 0.2) is 18.3 Å². The molecule has 1 amide bonds. The van der Waals surface area contributed by atoms with Gasteiger partial charge in [0, 0.05) is 6.20 Å². The summed E-state index contributed by atoms with van der Waals surface area (Å²) in [5, 5.41) is 13.3. The highest BCUT2D eigenvalue weighted by Crippen LogP contribution is 2.01. The molecular formula is C10H16N4O. The van der Waals surface area contributed by atoms with Crippen LogP contribution in [0.2, 0.25) is 0 Å². The van der Waals surface area contributed by atoms with Crippen LogP contribution in [-0.2, 0) is 11.3 Å². The van der Waals surface area contributed by atoms with Crippen molar-refractivity contribution in [1.82, 2.24) is 20.8 Å². The van der Waals surface area contributed by atoms with E-state index >= 15 is 0 Å². The van der Waals surface area contributed by atoms with Crippen LogP contribution < -0.4 is 10.6 Å². The molecule has 0 spiro atoms. The molecule has 0 saturated carbocycles. The number of amides is 1. The molecular weight excluding hydrogens is 192 g/mol. The van der Waals surface area contributed by atoms with Gasteiger partial charge in [-0.05, 0) is 33.0 Å². The van der Waals surface area contributed by atoms with Gasteiger partial charge in [-0.3, -0.25) is 4.79 Å². The van der Waals surface area contributed by atoms with Crippen molar-refractivity contribution in [1.29, 1.82) is 0 Å². The lowest BCUT2D eigenvalue weighted by atomic mass is 10.1. The van der Waals surface area contributed by atoms with Gasteiger partial charge in [-0.1, -0.05) is 0 Å². The quantitative estimate of drug-likeness (QED) is 0.736. The standard InChI is InChI=1S/C10H16N4O/c1-10(2,11-3)9(15)12-7-8-5-4-6-13-14-8/h4-6,11H,7H2,1-3H3,(H,12,15). The van der Waals surface area contributed by atoms with Crippen molar-refractivity contribution in [2.45, 2.75) is 25.9 Å². The number of carbonyl (C=O) groups excluding carboxylic acids is 1. The summed E-state index contributed by atoms with van der Waals surface area (Å²) in [7, 11) is 1.75.